The lowest BCUT2D eigenvalue weighted by molar-refractivity contribution is 0.684. The Kier molecular flexibility index (Phi) is 2.14. The van der Waals surface area contributed by atoms with Crippen molar-refractivity contribution in [3.63, 3.8) is 0 Å². The highest BCUT2D eigenvalue weighted by Crippen LogP contribution is 2.06. The Morgan fingerprint density at radius 1 is 1.50 bits per heavy atom. The minimum atomic E-state index is 0.303. The summed E-state index contributed by atoms with van der Waals surface area (Å²) < 4.78 is 1.71. The van der Waals surface area contributed by atoms with Gasteiger partial charge in [0.25, 0.3) is 0 Å². The first kappa shape index (κ1) is 8.68. The molecule has 0 unspecified atom stereocenters. The molecule has 72 valence electrons. The molecule has 2 aromatic rings. The van der Waals surface area contributed by atoms with Gasteiger partial charge in [0, 0.05) is 12.4 Å². The average molecular weight is 189 g/mol. The molecule has 2 N–H and O–H groups in total. The van der Waals surface area contributed by atoms with E-state index in [0.717, 1.165) is 5.56 Å². The quantitative estimate of drug-likeness (QED) is 0.751. The molecule has 0 aliphatic heterocycles. The Morgan fingerprint density at radius 3 is 3.00 bits per heavy atom. The zero-order valence-corrected chi connectivity index (χ0v) is 7.88. The monoisotopic (exact) mass is 189 g/mol. The molecule has 14 heavy (non-hydrogen) atoms. The predicted molar refractivity (Wildman–Crippen MR) is 52.5 cm³/mol. The van der Waals surface area contributed by atoms with Gasteiger partial charge < -0.3 is 5.73 Å². The van der Waals surface area contributed by atoms with Crippen LogP contribution in [0.4, 0.5) is 5.95 Å². The van der Waals surface area contributed by atoms with Gasteiger partial charge in [0.15, 0.2) is 0 Å². The lowest BCUT2D eigenvalue weighted by Crippen LogP contribution is -2.02. The molecule has 0 aromatic carbocycles. The van der Waals surface area contributed by atoms with Crippen molar-refractivity contribution in [1.82, 2.24) is 19.7 Å². The maximum atomic E-state index is 5.41. The predicted octanol–water partition coefficient (Wildman–Crippen LogP) is 0.612. The van der Waals surface area contributed by atoms with Crippen molar-refractivity contribution < 1.29 is 0 Å². The second-order valence-corrected chi connectivity index (χ2v) is 3.10. The highest BCUT2D eigenvalue weighted by molar-refractivity contribution is 5.22. The lowest BCUT2D eigenvalue weighted by Gasteiger charge is -2.03. The maximum absolute atomic E-state index is 5.41. The Hall–Kier alpha value is -1.91. The Balaban J connectivity index is 2.23. The molecule has 0 fully saturated rings. The zero-order valence-electron chi connectivity index (χ0n) is 7.88. The van der Waals surface area contributed by atoms with Gasteiger partial charge in [0.1, 0.15) is 6.33 Å². The van der Waals surface area contributed by atoms with Crippen molar-refractivity contribution in [2.45, 2.75) is 13.5 Å². The first-order valence-corrected chi connectivity index (χ1v) is 4.30. The third kappa shape index (κ3) is 1.71. The van der Waals surface area contributed by atoms with E-state index in [9.17, 15) is 0 Å². The van der Waals surface area contributed by atoms with E-state index in [1.165, 1.54) is 5.56 Å². The van der Waals surface area contributed by atoms with Gasteiger partial charge in [0.2, 0.25) is 5.95 Å². The molecule has 0 radical (unpaired) electrons. The minimum absolute atomic E-state index is 0.303. The van der Waals surface area contributed by atoms with Crippen LogP contribution in [0.5, 0.6) is 0 Å². The largest absolute Gasteiger partial charge is 0.367 e. The molecular formula is C9H11N5. The van der Waals surface area contributed by atoms with Crippen molar-refractivity contribution in [2.75, 3.05) is 5.73 Å². The molecule has 0 atom stereocenters. The zero-order chi connectivity index (χ0) is 9.97. The molecule has 0 spiro atoms. The topological polar surface area (TPSA) is 69.6 Å². The van der Waals surface area contributed by atoms with Crippen molar-refractivity contribution in [3.8, 4) is 0 Å². The normalized spacial score (nSPS) is 10.4. The van der Waals surface area contributed by atoms with Gasteiger partial charge >= 0.3 is 0 Å². The Bertz CT molecular complexity index is 434. The van der Waals surface area contributed by atoms with Crippen LogP contribution in [0.2, 0.25) is 0 Å². The van der Waals surface area contributed by atoms with Gasteiger partial charge in [-0.1, -0.05) is 0 Å². The van der Waals surface area contributed by atoms with E-state index in [1.54, 1.807) is 17.2 Å². The van der Waals surface area contributed by atoms with Crippen LogP contribution in [-0.2, 0) is 6.54 Å². The van der Waals surface area contributed by atoms with Crippen LogP contribution in [-0.4, -0.2) is 19.7 Å². The highest BCUT2D eigenvalue weighted by Gasteiger charge is 2.00. The van der Waals surface area contributed by atoms with Crippen LogP contribution in [0.3, 0.4) is 0 Å². The van der Waals surface area contributed by atoms with E-state index in [0.29, 0.717) is 12.5 Å². The molecule has 0 aliphatic rings. The number of hydrogen-bond donors (Lipinski definition) is 1. The van der Waals surface area contributed by atoms with Crippen molar-refractivity contribution in [3.05, 3.63) is 35.9 Å². The third-order valence-electron chi connectivity index (χ3n) is 2.02. The van der Waals surface area contributed by atoms with Gasteiger partial charge in [-0.05, 0) is 24.1 Å². The first-order chi connectivity index (χ1) is 6.75. The van der Waals surface area contributed by atoms with Gasteiger partial charge in [-0.3, -0.25) is 4.98 Å². The molecule has 0 amide bonds. The second-order valence-electron chi connectivity index (χ2n) is 3.10. The summed E-state index contributed by atoms with van der Waals surface area (Å²) in [5.41, 5.74) is 7.73. The van der Waals surface area contributed by atoms with Crippen LogP contribution in [0, 0.1) is 6.92 Å². The molecule has 2 heterocycles. The highest BCUT2D eigenvalue weighted by atomic mass is 15.4. The number of anilines is 1. The van der Waals surface area contributed by atoms with E-state index in [1.807, 2.05) is 19.2 Å². The first-order valence-electron chi connectivity index (χ1n) is 4.30. The molecule has 2 aromatic heterocycles. The molecular weight excluding hydrogens is 178 g/mol. The van der Waals surface area contributed by atoms with Crippen molar-refractivity contribution >= 4 is 5.95 Å². The summed E-state index contributed by atoms with van der Waals surface area (Å²) >= 11 is 0. The van der Waals surface area contributed by atoms with E-state index in [4.69, 9.17) is 5.73 Å². The third-order valence-corrected chi connectivity index (χ3v) is 2.02. The van der Waals surface area contributed by atoms with E-state index >= 15 is 0 Å². The molecule has 5 nitrogen and oxygen atoms in total. The fraction of sp³-hybridized carbons (Fsp3) is 0.222. The summed E-state index contributed by atoms with van der Waals surface area (Å²) in [6, 6.07) is 1.97. The molecule has 0 aliphatic carbocycles. The van der Waals surface area contributed by atoms with Crippen molar-refractivity contribution in [1.29, 1.82) is 0 Å². The van der Waals surface area contributed by atoms with E-state index < -0.39 is 0 Å². The number of aryl methyl sites for hydroxylation is 1. The number of nitrogens with zero attached hydrogens (tertiary/aromatic N) is 4. The second kappa shape index (κ2) is 3.45. The number of pyridine rings is 1. The average Bonchev–Trinajstić information content (AvgIpc) is 2.56. The van der Waals surface area contributed by atoms with Crippen molar-refractivity contribution in [2.24, 2.45) is 0 Å². The van der Waals surface area contributed by atoms with E-state index in [-0.39, 0.29) is 0 Å². The van der Waals surface area contributed by atoms with Crippen LogP contribution >= 0.6 is 0 Å². The number of nitrogens with two attached hydrogens (primary N) is 1. The van der Waals surface area contributed by atoms with Crippen LogP contribution < -0.4 is 5.73 Å². The van der Waals surface area contributed by atoms with Crippen LogP contribution in [0.25, 0.3) is 0 Å². The van der Waals surface area contributed by atoms with Crippen LogP contribution in [0.15, 0.2) is 24.8 Å². The summed E-state index contributed by atoms with van der Waals surface area (Å²) in [6.07, 6.45) is 5.22. The fourth-order valence-corrected chi connectivity index (χ4v) is 1.24. The lowest BCUT2D eigenvalue weighted by atomic mass is 10.2. The maximum Gasteiger partial charge on any atom is 0.239 e. The molecule has 0 bridgehead atoms. The van der Waals surface area contributed by atoms with Gasteiger partial charge in [-0.15, -0.1) is 5.10 Å². The van der Waals surface area contributed by atoms with Gasteiger partial charge in [0.05, 0.1) is 6.54 Å². The standard InChI is InChI=1S/C9H11N5/c1-7-4-11-3-2-8(7)5-14-6-12-9(10)13-14/h2-4,6H,5H2,1H3,(H2,10,13). The van der Waals surface area contributed by atoms with Gasteiger partial charge in [-0.25, -0.2) is 9.67 Å². The Morgan fingerprint density at radius 2 is 2.36 bits per heavy atom. The SMILES string of the molecule is Cc1cnccc1Cn1cnc(N)n1. The number of rotatable bonds is 2. The molecule has 5 heteroatoms. The minimum Gasteiger partial charge on any atom is -0.367 e. The van der Waals surface area contributed by atoms with Gasteiger partial charge in [-0.2, -0.15) is 0 Å². The molecule has 0 saturated carbocycles. The summed E-state index contributed by atoms with van der Waals surface area (Å²) in [5, 5.41) is 4.01. The summed E-state index contributed by atoms with van der Waals surface area (Å²) in [7, 11) is 0. The Labute approximate surface area is 81.6 Å². The molecule has 0 saturated heterocycles. The van der Waals surface area contributed by atoms with E-state index in [2.05, 4.69) is 15.1 Å². The fourth-order valence-electron chi connectivity index (χ4n) is 1.24. The number of hydrogen-bond acceptors (Lipinski definition) is 4. The number of aromatic nitrogens is 4. The summed E-state index contributed by atoms with van der Waals surface area (Å²) in [4.78, 5) is 7.88. The smallest absolute Gasteiger partial charge is 0.239 e. The van der Waals surface area contributed by atoms with Crippen LogP contribution in [0.1, 0.15) is 11.1 Å². The summed E-state index contributed by atoms with van der Waals surface area (Å²) in [5.74, 6) is 0.303. The number of nitrogen functional groups attached to an aromatic ring is 1. The summed E-state index contributed by atoms with van der Waals surface area (Å²) in [6.45, 7) is 2.70. The molecule has 2 rings (SSSR count).